The summed E-state index contributed by atoms with van der Waals surface area (Å²) >= 11 is 1.64. The van der Waals surface area contributed by atoms with Crippen LogP contribution in [0.2, 0.25) is 0 Å². The standard InChI is InChI=1S/C17H21N3O5S/c1-4-26-10-9-25-16(21)14-11(2)19(3)17(22)18-15(14)12-7-5-6-8-13(12)20(23)24/h5-8,15H,4,9-10H2,1-3H3,(H,18,22)/t15-/m0/s1. The van der Waals surface area contributed by atoms with Crippen molar-refractivity contribution in [2.75, 3.05) is 25.2 Å². The minimum absolute atomic E-state index is 0.165. The van der Waals surface area contributed by atoms with Crippen molar-refractivity contribution in [1.82, 2.24) is 10.2 Å². The van der Waals surface area contributed by atoms with Crippen molar-refractivity contribution in [2.24, 2.45) is 0 Å². The van der Waals surface area contributed by atoms with Gasteiger partial charge in [-0.05, 0) is 18.7 Å². The largest absolute Gasteiger partial charge is 0.461 e. The summed E-state index contributed by atoms with van der Waals surface area (Å²) in [5, 5.41) is 14.0. The van der Waals surface area contributed by atoms with Gasteiger partial charge in [-0.15, -0.1) is 0 Å². The minimum atomic E-state index is -0.938. The van der Waals surface area contributed by atoms with Gasteiger partial charge in [0.2, 0.25) is 0 Å². The highest BCUT2D eigenvalue weighted by Crippen LogP contribution is 2.35. The zero-order valence-corrected chi connectivity index (χ0v) is 15.7. The first-order chi connectivity index (χ1) is 12.4. The van der Waals surface area contributed by atoms with Crippen LogP contribution in [0, 0.1) is 10.1 Å². The number of hydrogen-bond donors (Lipinski definition) is 1. The van der Waals surface area contributed by atoms with Gasteiger partial charge >= 0.3 is 12.0 Å². The number of urea groups is 1. The molecule has 2 amide bonds. The number of nitro benzene ring substituents is 1. The van der Waals surface area contributed by atoms with E-state index >= 15 is 0 Å². The number of para-hydroxylation sites is 1. The number of carbonyl (C=O) groups is 2. The second-order valence-electron chi connectivity index (χ2n) is 5.59. The van der Waals surface area contributed by atoms with Crippen molar-refractivity contribution < 1.29 is 19.2 Å². The fourth-order valence-electron chi connectivity index (χ4n) is 2.65. The number of thioether (sulfide) groups is 1. The highest BCUT2D eigenvalue weighted by atomic mass is 32.2. The molecule has 0 radical (unpaired) electrons. The van der Waals surface area contributed by atoms with Crippen molar-refractivity contribution in [2.45, 2.75) is 19.9 Å². The highest BCUT2D eigenvalue weighted by molar-refractivity contribution is 7.99. The maximum atomic E-state index is 12.7. The average Bonchev–Trinajstić information content (AvgIpc) is 2.62. The Kier molecular flexibility index (Phi) is 6.62. The van der Waals surface area contributed by atoms with Gasteiger partial charge in [-0.3, -0.25) is 10.1 Å². The maximum Gasteiger partial charge on any atom is 0.338 e. The fraction of sp³-hybridized carbons (Fsp3) is 0.412. The van der Waals surface area contributed by atoms with Crippen LogP contribution in [0.1, 0.15) is 25.5 Å². The number of nitrogens with zero attached hydrogens (tertiary/aromatic N) is 2. The molecule has 1 aliphatic rings. The van der Waals surface area contributed by atoms with Gasteiger partial charge < -0.3 is 15.0 Å². The molecule has 1 N–H and O–H groups in total. The number of amides is 2. The molecule has 0 bridgehead atoms. The molecule has 0 aliphatic carbocycles. The van der Waals surface area contributed by atoms with E-state index in [0.717, 1.165) is 5.75 Å². The third-order valence-corrected chi connectivity index (χ3v) is 4.95. The fourth-order valence-corrected chi connectivity index (χ4v) is 3.14. The summed E-state index contributed by atoms with van der Waals surface area (Å²) in [7, 11) is 1.53. The molecule has 1 aromatic carbocycles. The molecule has 1 atom stereocenters. The van der Waals surface area contributed by atoms with Gasteiger partial charge in [0.15, 0.2) is 0 Å². The SMILES string of the molecule is CCSCCOC(=O)C1=C(C)N(C)C(=O)N[C@H]1c1ccccc1[N+](=O)[O-]. The highest BCUT2D eigenvalue weighted by Gasteiger charge is 2.37. The van der Waals surface area contributed by atoms with E-state index in [1.807, 2.05) is 6.92 Å². The molecule has 1 aromatic rings. The Balaban J connectivity index is 2.41. The smallest absolute Gasteiger partial charge is 0.338 e. The van der Waals surface area contributed by atoms with Crippen molar-refractivity contribution in [3.8, 4) is 0 Å². The topological polar surface area (TPSA) is 102 Å². The lowest BCUT2D eigenvalue weighted by atomic mass is 9.94. The summed E-state index contributed by atoms with van der Waals surface area (Å²) in [6.45, 7) is 3.86. The van der Waals surface area contributed by atoms with Crippen molar-refractivity contribution in [1.29, 1.82) is 0 Å². The van der Waals surface area contributed by atoms with Gasteiger partial charge in [0, 0.05) is 24.6 Å². The van der Waals surface area contributed by atoms with Gasteiger partial charge in [0.05, 0.1) is 22.1 Å². The van der Waals surface area contributed by atoms with Crippen molar-refractivity contribution in [3.63, 3.8) is 0 Å². The van der Waals surface area contributed by atoms with E-state index in [2.05, 4.69) is 5.32 Å². The number of hydrogen-bond acceptors (Lipinski definition) is 6. The Bertz CT molecular complexity index is 750. The lowest BCUT2D eigenvalue weighted by molar-refractivity contribution is -0.385. The molecule has 8 nitrogen and oxygen atoms in total. The van der Waals surface area contributed by atoms with Crippen LogP contribution in [0.5, 0.6) is 0 Å². The first-order valence-electron chi connectivity index (χ1n) is 8.11. The molecule has 0 saturated carbocycles. The summed E-state index contributed by atoms with van der Waals surface area (Å²) in [6, 6.07) is 4.66. The van der Waals surface area contributed by atoms with Crippen molar-refractivity contribution >= 4 is 29.4 Å². The summed E-state index contributed by atoms with van der Waals surface area (Å²) in [6.07, 6.45) is 0. The van der Waals surface area contributed by atoms with E-state index in [1.165, 1.54) is 30.1 Å². The monoisotopic (exact) mass is 379 g/mol. The Labute approximate surface area is 155 Å². The number of benzene rings is 1. The Morgan fingerprint density at radius 2 is 2.12 bits per heavy atom. The van der Waals surface area contributed by atoms with Gasteiger partial charge in [-0.25, -0.2) is 9.59 Å². The molecule has 0 fully saturated rings. The van der Waals surface area contributed by atoms with E-state index in [4.69, 9.17) is 4.74 Å². The van der Waals surface area contributed by atoms with Crippen LogP contribution in [0.4, 0.5) is 10.5 Å². The number of esters is 1. The Morgan fingerprint density at radius 1 is 1.42 bits per heavy atom. The number of nitrogens with one attached hydrogen (secondary N) is 1. The molecule has 1 heterocycles. The average molecular weight is 379 g/mol. The lowest BCUT2D eigenvalue weighted by Gasteiger charge is -2.33. The zero-order valence-electron chi connectivity index (χ0n) is 14.9. The lowest BCUT2D eigenvalue weighted by Crippen LogP contribution is -2.46. The van der Waals surface area contributed by atoms with Crippen LogP contribution in [-0.2, 0) is 9.53 Å². The summed E-state index contributed by atoms with van der Waals surface area (Å²) in [5.41, 5.74) is 0.683. The van der Waals surface area contributed by atoms with Crippen LogP contribution in [0.15, 0.2) is 35.5 Å². The third-order valence-electron chi connectivity index (χ3n) is 4.08. The number of allylic oxidation sites excluding steroid dienone is 1. The number of nitro groups is 1. The molecule has 0 spiro atoms. The Morgan fingerprint density at radius 3 is 2.77 bits per heavy atom. The van der Waals surface area contributed by atoms with Crippen molar-refractivity contribution in [3.05, 3.63) is 51.2 Å². The minimum Gasteiger partial charge on any atom is -0.461 e. The quantitative estimate of drug-likeness (QED) is 0.338. The molecule has 9 heteroatoms. The van der Waals surface area contributed by atoms with E-state index in [9.17, 15) is 19.7 Å². The summed E-state index contributed by atoms with van der Waals surface area (Å²) in [4.78, 5) is 37.0. The Hall–Kier alpha value is -2.55. The predicted octanol–water partition coefficient (Wildman–Crippen LogP) is 2.86. The molecule has 0 unspecified atom stereocenters. The first kappa shape index (κ1) is 19.8. The van der Waals surface area contributed by atoms with Crippen LogP contribution in [0.3, 0.4) is 0 Å². The number of rotatable bonds is 7. The van der Waals surface area contributed by atoms with Gasteiger partial charge in [-0.2, -0.15) is 11.8 Å². The molecular weight excluding hydrogens is 358 g/mol. The van der Waals surface area contributed by atoms with E-state index in [1.54, 1.807) is 24.8 Å². The third kappa shape index (κ3) is 4.16. The molecule has 0 aromatic heterocycles. The van der Waals surface area contributed by atoms with E-state index in [0.29, 0.717) is 11.4 Å². The van der Waals surface area contributed by atoms with E-state index in [-0.39, 0.29) is 23.4 Å². The number of ether oxygens (including phenoxy) is 1. The van der Waals surface area contributed by atoms with Crippen LogP contribution in [-0.4, -0.2) is 47.0 Å². The molecule has 0 saturated heterocycles. The van der Waals surface area contributed by atoms with Gasteiger partial charge in [-0.1, -0.05) is 19.1 Å². The van der Waals surface area contributed by atoms with E-state index < -0.39 is 23.0 Å². The van der Waals surface area contributed by atoms with Crippen LogP contribution < -0.4 is 5.32 Å². The zero-order chi connectivity index (χ0) is 19.3. The first-order valence-corrected chi connectivity index (χ1v) is 9.27. The molecule has 2 rings (SSSR count). The van der Waals surface area contributed by atoms with Crippen LogP contribution in [0.25, 0.3) is 0 Å². The van der Waals surface area contributed by atoms with Gasteiger partial charge in [0.1, 0.15) is 6.61 Å². The molecule has 1 aliphatic heterocycles. The summed E-state index contributed by atoms with van der Waals surface area (Å²) < 4.78 is 5.32. The number of carbonyl (C=O) groups excluding carboxylic acids is 2. The molecule has 26 heavy (non-hydrogen) atoms. The second-order valence-corrected chi connectivity index (χ2v) is 6.98. The normalized spacial score (nSPS) is 17.1. The summed E-state index contributed by atoms with van der Waals surface area (Å²) in [5.74, 6) is 0.985. The predicted molar refractivity (Wildman–Crippen MR) is 98.8 cm³/mol. The molecular formula is C17H21N3O5S. The van der Waals surface area contributed by atoms with Gasteiger partial charge in [0.25, 0.3) is 5.69 Å². The second kappa shape index (κ2) is 8.70. The molecule has 140 valence electrons. The van der Waals surface area contributed by atoms with Crippen LogP contribution >= 0.6 is 11.8 Å². The maximum absolute atomic E-state index is 12.7.